The molecule has 0 radical (unpaired) electrons. The lowest BCUT2D eigenvalue weighted by Crippen LogP contribution is -2.24. The van der Waals surface area contributed by atoms with Crippen LogP contribution in [0.3, 0.4) is 0 Å². The summed E-state index contributed by atoms with van der Waals surface area (Å²) in [5, 5.41) is 5.36. The summed E-state index contributed by atoms with van der Waals surface area (Å²) >= 11 is 2.72. The van der Waals surface area contributed by atoms with Crippen LogP contribution >= 0.6 is 23.1 Å². The maximum absolute atomic E-state index is 12.8. The molecule has 0 aliphatic carbocycles. The van der Waals surface area contributed by atoms with Crippen molar-refractivity contribution in [1.29, 1.82) is 0 Å². The van der Waals surface area contributed by atoms with E-state index in [1.807, 2.05) is 42.6 Å². The highest BCUT2D eigenvalue weighted by Crippen LogP contribution is 2.22. The Morgan fingerprint density at radius 3 is 2.70 bits per heavy atom. The monoisotopic (exact) mass is 401 g/mol. The lowest BCUT2D eigenvalue weighted by atomic mass is 10.1. The highest BCUT2D eigenvalue weighted by Gasteiger charge is 2.14. The molecule has 7 heteroatoms. The topological polar surface area (TPSA) is 64.0 Å². The number of aromatic nitrogens is 2. The van der Waals surface area contributed by atoms with Gasteiger partial charge in [0.05, 0.1) is 11.3 Å². The van der Waals surface area contributed by atoms with Crippen molar-refractivity contribution in [2.24, 2.45) is 5.92 Å². The van der Waals surface area contributed by atoms with Crippen molar-refractivity contribution in [3.05, 3.63) is 51.6 Å². The molecule has 0 spiro atoms. The first-order valence-electron chi connectivity index (χ1n) is 8.91. The van der Waals surface area contributed by atoms with Gasteiger partial charge in [0, 0.05) is 12.2 Å². The number of benzene rings is 1. The summed E-state index contributed by atoms with van der Waals surface area (Å²) in [6.07, 6.45) is 0.890. The highest BCUT2D eigenvalue weighted by atomic mass is 32.2. The fraction of sp³-hybridized carbons (Fsp3) is 0.350. The molecule has 27 heavy (non-hydrogen) atoms. The zero-order chi connectivity index (χ0) is 19.4. The Morgan fingerprint density at radius 1 is 1.26 bits per heavy atom. The average Bonchev–Trinajstić information content (AvgIpc) is 3.10. The van der Waals surface area contributed by atoms with Gasteiger partial charge in [0.25, 0.3) is 5.56 Å². The molecule has 1 N–H and O–H groups in total. The Labute approximate surface area is 166 Å². The zero-order valence-corrected chi connectivity index (χ0v) is 17.3. The van der Waals surface area contributed by atoms with Crippen LogP contribution in [0.1, 0.15) is 25.8 Å². The van der Waals surface area contributed by atoms with Gasteiger partial charge in [-0.2, -0.15) is 0 Å². The zero-order valence-electron chi connectivity index (χ0n) is 15.7. The van der Waals surface area contributed by atoms with E-state index in [1.54, 1.807) is 4.57 Å². The van der Waals surface area contributed by atoms with Crippen molar-refractivity contribution in [1.82, 2.24) is 9.55 Å². The quantitative estimate of drug-likeness (QED) is 0.466. The predicted octanol–water partition coefficient (Wildman–Crippen LogP) is 4.54. The van der Waals surface area contributed by atoms with Gasteiger partial charge in [-0.25, -0.2) is 4.98 Å². The van der Waals surface area contributed by atoms with Gasteiger partial charge in [-0.15, -0.1) is 11.3 Å². The Hall–Kier alpha value is -2.12. The van der Waals surface area contributed by atoms with Crippen LogP contribution in [0, 0.1) is 12.8 Å². The van der Waals surface area contributed by atoms with Gasteiger partial charge in [0.2, 0.25) is 5.91 Å². The van der Waals surface area contributed by atoms with Gasteiger partial charge in [0.15, 0.2) is 5.16 Å². The maximum Gasteiger partial charge on any atom is 0.272 e. The van der Waals surface area contributed by atoms with Crippen molar-refractivity contribution in [2.45, 2.75) is 38.9 Å². The Balaban J connectivity index is 1.76. The fourth-order valence-electron chi connectivity index (χ4n) is 2.58. The van der Waals surface area contributed by atoms with E-state index in [9.17, 15) is 9.59 Å². The Morgan fingerprint density at radius 2 is 2.00 bits per heavy atom. The van der Waals surface area contributed by atoms with Crippen molar-refractivity contribution < 1.29 is 4.79 Å². The molecule has 5 nitrogen and oxygen atoms in total. The second-order valence-electron chi connectivity index (χ2n) is 6.87. The minimum absolute atomic E-state index is 0.0166. The molecule has 0 bridgehead atoms. The lowest BCUT2D eigenvalue weighted by Gasteiger charge is -2.13. The highest BCUT2D eigenvalue weighted by molar-refractivity contribution is 7.99. The molecule has 0 fully saturated rings. The van der Waals surface area contributed by atoms with E-state index < -0.39 is 0 Å². The molecule has 3 aromatic rings. The average molecular weight is 402 g/mol. The van der Waals surface area contributed by atoms with E-state index >= 15 is 0 Å². The molecular formula is C20H23N3O2S2. The summed E-state index contributed by atoms with van der Waals surface area (Å²) in [7, 11) is 0. The first kappa shape index (κ1) is 19.6. The standard InChI is InChI=1S/C20H23N3O2S2/c1-13(2)8-10-23-19(25)18-16(9-11-26-18)22-20(23)27-12-17(24)21-15-6-4-14(3)5-7-15/h4-7,9,11,13H,8,10,12H2,1-3H3,(H,21,24). The van der Waals surface area contributed by atoms with Crippen LogP contribution in [-0.4, -0.2) is 21.2 Å². The summed E-state index contributed by atoms with van der Waals surface area (Å²) in [5.74, 6) is 0.579. The molecule has 0 aliphatic heterocycles. The number of amides is 1. The van der Waals surface area contributed by atoms with Crippen molar-refractivity contribution >= 4 is 44.9 Å². The number of thioether (sulfide) groups is 1. The number of hydrogen-bond acceptors (Lipinski definition) is 5. The summed E-state index contributed by atoms with van der Waals surface area (Å²) in [5.41, 5.74) is 2.60. The summed E-state index contributed by atoms with van der Waals surface area (Å²) < 4.78 is 2.38. The van der Waals surface area contributed by atoms with Crippen molar-refractivity contribution in [3.8, 4) is 0 Å². The minimum atomic E-state index is -0.112. The molecule has 0 saturated heterocycles. The molecule has 2 aromatic heterocycles. The van der Waals surface area contributed by atoms with Gasteiger partial charge in [0.1, 0.15) is 4.70 Å². The molecule has 1 amide bonds. The van der Waals surface area contributed by atoms with Crippen molar-refractivity contribution in [2.75, 3.05) is 11.1 Å². The number of carbonyl (C=O) groups excluding carboxylic acids is 1. The molecule has 0 aliphatic rings. The fourth-order valence-corrected chi connectivity index (χ4v) is 4.19. The molecule has 1 aromatic carbocycles. The van der Waals surface area contributed by atoms with E-state index in [1.165, 1.54) is 23.1 Å². The number of rotatable bonds is 7. The number of aryl methyl sites for hydroxylation is 1. The minimum Gasteiger partial charge on any atom is -0.325 e. The van der Waals surface area contributed by atoms with Crippen LogP contribution in [0.25, 0.3) is 10.2 Å². The summed E-state index contributed by atoms with van der Waals surface area (Å²) in [6, 6.07) is 9.53. The van der Waals surface area contributed by atoms with Crippen LogP contribution in [0.15, 0.2) is 45.7 Å². The summed E-state index contributed by atoms with van der Waals surface area (Å²) in [4.78, 5) is 29.7. The predicted molar refractivity (Wildman–Crippen MR) is 114 cm³/mol. The Kier molecular flexibility index (Phi) is 6.34. The van der Waals surface area contributed by atoms with Gasteiger partial charge in [-0.3, -0.25) is 14.2 Å². The lowest BCUT2D eigenvalue weighted by molar-refractivity contribution is -0.113. The number of nitrogens with one attached hydrogen (secondary N) is 1. The number of nitrogens with zero attached hydrogens (tertiary/aromatic N) is 2. The second-order valence-corrected chi connectivity index (χ2v) is 8.73. The van der Waals surface area contributed by atoms with E-state index in [-0.39, 0.29) is 17.2 Å². The first-order chi connectivity index (χ1) is 12.9. The van der Waals surface area contributed by atoms with Gasteiger partial charge in [-0.1, -0.05) is 43.3 Å². The van der Waals surface area contributed by atoms with Crippen molar-refractivity contribution in [3.63, 3.8) is 0 Å². The number of anilines is 1. The Bertz CT molecular complexity index is 991. The third-order valence-electron chi connectivity index (χ3n) is 4.13. The molecule has 0 saturated carbocycles. The maximum atomic E-state index is 12.8. The van der Waals surface area contributed by atoms with E-state index in [0.717, 1.165) is 17.7 Å². The molecule has 0 atom stereocenters. The normalized spacial score (nSPS) is 11.3. The second kappa shape index (κ2) is 8.71. The molecule has 2 heterocycles. The molecule has 142 valence electrons. The van der Waals surface area contributed by atoms with E-state index in [0.29, 0.717) is 27.8 Å². The smallest absolute Gasteiger partial charge is 0.272 e. The van der Waals surface area contributed by atoms with E-state index in [2.05, 4.69) is 24.1 Å². The molecular weight excluding hydrogens is 378 g/mol. The van der Waals surface area contributed by atoms with E-state index in [4.69, 9.17) is 0 Å². The van der Waals surface area contributed by atoms with Crippen LogP contribution in [-0.2, 0) is 11.3 Å². The van der Waals surface area contributed by atoms with Crippen LogP contribution in [0.5, 0.6) is 0 Å². The third kappa shape index (κ3) is 4.99. The number of carbonyl (C=O) groups is 1. The summed E-state index contributed by atoms with van der Waals surface area (Å²) in [6.45, 7) is 6.87. The molecule has 3 rings (SSSR count). The van der Waals surface area contributed by atoms with Gasteiger partial charge >= 0.3 is 0 Å². The third-order valence-corrected chi connectivity index (χ3v) is 6.00. The van der Waals surface area contributed by atoms with Gasteiger partial charge in [-0.05, 0) is 42.8 Å². The number of hydrogen-bond donors (Lipinski definition) is 1. The van der Waals surface area contributed by atoms with Crippen LogP contribution < -0.4 is 10.9 Å². The molecule has 0 unspecified atom stereocenters. The first-order valence-corrected chi connectivity index (χ1v) is 10.8. The van der Waals surface area contributed by atoms with Gasteiger partial charge < -0.3 is 5.32 Å². The largest absolute Gasteiger partial charge is 0.325 e. The SMILES string of the molecule is Cc1ccc(NC(=O)CSc2nc3ccsc3c(=O)n2CCC(C)C)cc1. The number of fused-ring (bicyclic) bond motifs is 1. The number of thiophene rings is 1. The van der Waals surface area contributed by atoms with Crippen LogP contribution in [0.4, 0.5) is 5.69 Å². The van der Waals surface area contributed by atoms with Crippen LogP contribution in [0.2, 0.25) is 0 Å².